The van der Waals surface area contributed by atoms with Crippen LogP contribution in [0.25, 0.3) is 0 Å². The van der Waals surface area contributed by atoms with Gasteiger partial charge in [0.15, 0.2) is 0 Å². The quantitative estimate of drug-likeness (QED) is 0.423. The second kappa shape index (κ2) is 5.23. The Morgan fingerprint density at radius 1 is 1.80 bits per heavy atom. The van der Waals surface area contributed by atoms with Gasteiger partial charge in [-0.05, 0) is 6.08 Å². The number of hydrogen-bond acceptors (Lipinski definition) is 4. The lowest BCUT2D eigenvalue weighted by atomic mass is 9.95. The van der Waals surface area contributed by atoms with Crippen molar-refractivity contribution < 1.29 is 19.4 Å². The van der Waals surface area contributed by atoms with Crippen LogP contribution >= 0.6 is 0 Å². The smallest absolute Gasteiger partial charge is 0.430 e. The molecule has 0 amide bonds. The van der Waals surface area contributed by atoms with E-state index in [2.05, 4.69) is 17.2 Å². The number of hydrogen-bond donors (Lipinski definition) is 1. The van der Waals surface area contributed by atoms with Crippen molar-refractivity contribution in [2.75, 3.05) is 0 Å². The van der Waals surface area contributed by atoms with Crippen molar-refractivity contribution in [2.45, 2.75) is 25.0 Å². The predicted octanol–water partition coefficient (Wildman–Crippen LogP) is 1.37. The van der Waals surface area contributed by atoms with Crippen LogP contribution in [0.1, 0.15) is 12.8 Å². The molecule has 15 heavy (non-hydrogen) atoms. The molecule has 0 spiro atoms. The summed E-state index contributed by atoms with van der Waals surface area (Å²) < 4.78 is 9.30. The van der Waals surface area contributed by atoms with Crippen LogP contribution < -0.4 is 0 Å². The summed E-state index contributed by atoms with van der Waals surface area (Å²) in [6.45, 7) is 3.22. The molecule has 0 fully saturated rings. The lowest BCUT2D eigenvalue weighted by Crippen LogP contribution is -2.27. The predicted molar refractivity (Wildman–Crippen MR) is 53.7 cm³/mol. The third-order valence-corrected chi connectivity index (χ3v) is 1.97. The minimum Gasteiger partial charge on any atom is -0.430 e. The molecule has 1 rings (SSSR count). The summed E-state index contributed by atoms with van der Waals surface area (Å²) in [5.74, 6) is 2.42. The van der Waals surface area contributed by atoms with Crippen molar-refractivity contribution >= 4 is 6.16 Å². The number of rotatable bonds is 2. The highest BCUT2D eigenvalue weighted by molar-refractivity contribution is 5.61. The van der Waals surface area contributed by atoms with Crippen LogP contribution in [0.4, 0.5) is 4.79 Å². The van der Waals surface area contributed by atoms with Gasteiger partial charge in [-0.1, -0.05) is 12.5 Å². The van der Waals surface area contributed by atoms with Gasteiger partial charge in [0, 0.05) is 18.4 Å². The largest absolute Gasteiger partial charge is 0.513 e. The SMILES string of the molecule is C#CC1=C[C@@H](O)C[C@H](OC(=O)OC=C)C1. The minimum absolute atomic E-state index is 0.331. The molecule has 0 unspecified atom stereocenters. The van der Waals surface area contributed by atoms with Crippen LogP contribution in [0.3, 0.4) is 0 Å². The lowest BCUT2D eigenvalue weighted by molar-refractivity contribution is 0.0250. The molecule has 0 aromatic heterocycles. The molecule has 0 saturated heterocycles. The van der Waals surface area contributed by atoms with Gasteiger partial charge in [-0.25, -0.2) is 4.79 Å². The monoisotopic (exact) mass is 208 g/mol. The Morgan fingerprint density at radius 2 is 2.53 bits per heavy atom. The maximum Gasteiger partial charge on any atom is 0.513 e. The zero-order valence-electron chi connectivity index (χ0n) is 8.18. The highest BCUT2D eigenvalue weighted by Crippen LogP contribution is 2.21. The highest BCUT2D eigenvalue weighted by atomic mass is 16.7. The van der Waals surface area contributed by atoms with Gasteiger partial charge in [-0.2, -0.15) is 0 Å². The van der Waals surface area contributed by atoms with Crippen molar-refractivity contribution in [1.29, 1.82) is 0 Å². The van der Waals surface area contributed by atoms with E-state index in [4.69, 9.17) is 11.2 Å². The molecule has 1 aliphatic carbocycles. The van der Waals surface area contributed by atoms with Gasteiger partial charge in [0.05, 0.1) is 12.4 Å². The molecule has 4 heteroatoms. The van der Waals surface area contributed by atoms with E-state index in [1.165, 1.54) is 0 Å². The fourth-order valence-corrected chi connectivity index (χ4v) is 1.39. The molecule has 0 bridgehead atoms. The third kappa shape index (κ3) is 3.49. The molecule has 0 aliphatic heterocycles. The summed E-state index contributed by atoms with van der Waals surface area (Å²) >= 11 is 0. The maximum atomic E-state index is 10.9. The standard InChI is InChI=1S/C11H12O4/c1-3-8-5-9(12)7-10(6-8)15-11(13)14-4-2/h1,4-5,9-10,12H,2,6-7H2/t9-,10-/m1/s1. The molecule has 1 aliphatic rings. The average Bonchev–Trinajstić information content (AvgIpc) is 2.17. The van der Waals surface area contributed by atoms with Crippen molar-refractivity contribution in [3.63, 3.8) is 0 Å². The fraction of sp³-hybridized carbons (Fsp3) is 0.364. The molecular weight excluding hydrogens is 196 g/mol. The van der Waals surface area contributed by atoms with Gasteiger partial charge in [0.1, 0.15) is 6.10 Å². The van der Waals surface area contributed by atoms with Crippen molar-refractivity contribution in [3.05, 3.63) is 24.5 Å². The van der Waals surface area contributed by atoms with E-state index < -0.39 is 18.4 Å². The molecule has 0 heterocycles. The summed E-state index contributed by atoms with van der Waals surface area (Å²) in [5.41, 5.74) is 0.630. The van der Waals surface area contributed by atoms with Crippen LogP contribution in [0, 0.1) is 12.3 Å². The Balaban J connectivity index is 2.52. The van der Waals surface area contributed by atoms with Gasteiger partial charge in [-0.15, -0.1) is 6.42 Å². The van der Waals surface area contributed by atoms with Gasteiger partial charge < -0.3 is 14.6 Å². The Bertz CT molecular complexity index is 324. The Kier molecular flexibility index (Phi) is 3.95. The van der Waals surface area contributed by atoms with Gasteiger partial charge in [-0.3, -0.25) is 0 Å². The van der Waals surface area contributed by atoms with Crippen LogP contribution in [0.5, 0.6) is 0 Å². The van der Waals surface area contributed by atoms with Gasteiger partial charge >= 0.3 is 6.16 Å². The summed E-state index contributed by atoms with van der Waals surface area (Å²) in [6, 6.07) is 0. The van der Waals surface area contributed by atoms with Crippen molar-refractivity contribution in [3.8, 4) is 12.3 Å². The van der Waals surface area contributed by atoms with Gasteiger partial charge in [0.25, 0.3) is 0 Å². The van der Waals surface area contributed by atoms with E-state index in [1.807, 2.05) is 0 Å². The Hall–Kier alpha value is -1.73. The van der Waals surface area contributed by atoms with Crippen LogP contribution in [-0.2, 0) is 9.47 Å². The molecule has 80 valence electrons. The van der Waals surface area contributed by atoms with Crippen molar-refractivity contribution in [2.24, 2.45) is 0 Å². The van der Waals surface area contributed by atoms with Crippen LogP contribution in [0.2, 0.25) is 0 Å². The molecule has 0 saturated carbocycles. The zero-order chi connectivity index (χ0) is 11.3. The normalized spacial score (nSPS) is 24.7. The van der Waals surface area contributed by atoms with Crippen molar-refractivity contribution in [1.82, 2.24) is 0 Å². The summed E-state index contributed by atoms with van der Waals surface area (Å²) in [5, 5.41) is 9.40. The summed E-state index contributed by atoms with van der Waals surface area (Å²) in [6.07, 6.45) is 6.58. The van der Waals surface area contributed by atoms with E-state index in [0.717, 1.165) is 6.26 Å². The molecule has 1 N–H and O–H groups in total. The van der Waals surface area contributed by atoms with Gasteiger partial charge in [0.2, 0.25) is 0 Å². The zero-order valence-corrected chi connectivity index (χ0v) is 8.18. The molecule has 2 atom stereocenters. The number of carbonyl (C=O) groups is 1. The highest BCUT2D eigenvalue weighted by Gasteiger charge is 2.23. The van der Waals surface area contributed by atoms with E-state index >= 15 is 0 Å². The molecule has 4 nitrogen and oxygen atoms in total. The Morgan fingerprint density at radius 3 is 3.13 bits per heavy atom. The number of ether oxygens (including phenoxy) is 2. The summed E-state index contributed by atoms with van der Waals surface area (Å²) in [4.78, 5) is 10.9. The fourth-order valence-electron chi connectivity index (χ4n) is 1.39. The first kappa shape index (κ1) is 11.3. The van der Waals surface area contributed by atoms with E-state index in [9.17, 15) is 9.90 Å². The maximum absolute atomic E-state index is 10.9. The molecular formula is C11H12O4. The third-order valence-electron chi connectivity index (χ3n) is 1.97. The van der Waals surface area contributed by atoms with Crippen LogP contribution in [-0.4, -0.2) is 23.5 Å². The number of terminal acetylenes is 1. The van der Waals surface area contributed by atoms with E-state index in [1.54, 1.807) is 6.08 Å². The number of carbonyl (C=O) groups excluding carboxylic acids is 1. The first-order chi connectivity index (χ1) is 7.15. The second-order valence-corrected chi connectivity index (χ2v) is 3.12. The first-order valence-electron chi connectivity index (χ1n) is 4.49. The number of aliphatic hydroxyl groups excluding tert-OH is 1. The summed E-state index contributed by atoms with van der Waals surface area (Å²) in [7, 11) is 0. The topological polar surface area (TPSA) is 55.8 Å². The second-order valence-electron chi connectivity index (χ2n) is 3.12. The Labute approximate surface area is 88.2 Å². The van der Waals surface area contributed by atoms with Crippen LogP contribution in [0.15, 0.2) is 24.5 Å². The average molecular weight is 208 g/mol. The first-order valence-corrected chi connectivity index (χ1v) is 4.49. The molecule has 0 aromatic carbocycles. The molecule has 0 aromatic rings. The van der Waals surface area contributed by atoms with E-state index in [0.29, 0.717) is 18.4 Å². The minimum atomic E-state index is -0.833. The van der Waals surface area contributed by atoms with E-state index in [-0.39, 0.29) is 0 Å². The molecule has 0 radical (unpaired) electrons. The lowest BCUT2D eigenvalue weighted by Gasteiger charge is -2.23. The number of aliphatic hydroxyl groups is 1.